The summed E-state index contributed by atoms with van der Waals surface area (Å²) in [4.78, 5) is 15.9. The number of aryl methyl sites for hydroxylation is 2. The van der Waals surface area contributed by atoms with E-state index in [0.717, 1.165) is 50.0 Å². The van der Waals surface area contributed by atoms with E-state index < -0.39 is 0 Å². The molecule has 5 rings (SSSR count). The average Bonchev–Trinajstić information content (AvgIpc) is 3.39. The van der Waals surface area contributed by atoms with Gasteiger partial charge in [-0.15, -0.1) is 21.5 Å². The standard InChI is InChI=1S/C25H28N4O2S2/c1-15(2)14-32-25-27-26-24-28(11-10-17-8-6-5-7-9-17)22(30)21-18-12-19(16(3)4)31-13-20(18)33-23(21)29(24)25/h5-9,16,19H,1,10-14H2,2-4H3. The van der Waals surface area contributed by atoms with E-state index in [4.69, 9.17) is 4.74 Å². The molecule has 33 heavy (non-hydrogen) atoms. The molecular weight excluding hydrogens is 452 g/mol. The molecule has 6 nitrogen and oxygen atoms in total. The molecule has 0 N–H and O–H groups in total. The van der Waals surface area contributed by atoms with Gasteiger partial charge >= 0.3 is 0 Å². The van der Waals surface area contributed by atoms with Crippen molar-refractivity contribution in [2.24, 2.45) is 5.92 Å². The Kier molecular flexibility index (Phi) is 6.16. The van der Waals surface area contributed by atoms with Crippen molar-refractivity contribution < 1.29 is 4.74 Å². The Bertz CT molecular complexity index is 1380. The molecule has 1 atom stereocenters. The molecule has 8 heteroatoms. The molecule has 3 aromatic heterocycles. The van der Waals surface area contributed by atoms with Crippen molar-refractivity contribution in [2.45, 2.75) is 58.0 Å². The van der Waals surface area contributed by atoms with Crippen LogP contribution >= 0.6 is 23.1 Å². The summed E-state index contributed by atoms with van der Waals surface area (Å²) in [7, 11) is 0. The van der Waals surface area contributed by atoms with Gasteiger partial charge in [-0.1, -0.05) is 68.1 Å². The highest BCUT2D eigenvalue weighted by Gasteiger charge is 2.29. The lowest BCUT2D eigenvalue weighted by Crippen LogP contribution is -2.29. The van der Waals surface area contributed by atoms with Crippen LogP contribution in [0.3, 0.4) is 0 Å². The third-order valence-corrected chi connectivity index (χ3v) is 8.43. The lowest BCUT2D eigenvalue weighted by atomic mass is 9.96. The maximum Gasteiger partial charge on any atom is 0.263 e. The zero-order chi connectivity index (χ0) is 23.1. The monoisotopic (exact) mass is 480 g/mol. The first-order valence-electron chi connectivity index (χ1n) is 11.3. The Morgan fingerprint density at radius 3 is 2.82 bits per heavy atom. The minimum absolute atomic E-state index is 0.0270. The van der Waals surface area contributed by atoms with Crippen LogP contribution in [0.1, 0.15) is 36.8 Å². The fourth-order valence-corrected chi connectivity index (χ4v) is 6.36. The van der Waals surface area contributed by atoms with Gasteiger partial charge in [-0.3, -0.25) is 9.36 Å². The number of thiophene rings is 1. The number of hydrogen-bond donors (Lipinski definition) is 0. The molecule has 0 bridgehead atoms. The summed E-state index contributed by atoms with van der Waals surface area (Å²) in [6, 6.07) is 10.3. The summed E-state index contributed by atoms with van der Waals surface area (Å²) in [5, 5.41) is 10.5. The molecule has 1 aliphatic rings. The number of ether oxygens (including phenoxy) is 1. The summed E-state index contributed by atoms with van der Waals surface area (Å²) in [6.45, 7) is 11.5. The summed E-state index contributed by atoms with van der Waals surface area (Å²) >= 11 is 3.25. The summed E-state index contributed by atoms with van der Waals surface area (Å²) in [6.07, 6.45) is 1.65. The highest BCUT2D eigenvalue weighted by atomic mass is 32.2. The topological polar surface area (TPSA) is 61.4 Å². The van der Waals surface area contributed by atoms with E-state index >= 15 is 0 Å². The molecular formula is C25H28N4O2S2. The lowest BCUT2D eigenvalue weighted by molar-refractivity contribution is 0.00200. The summed E-state index contributed by atoms with van der Waals surface area (Å²) in [5.74, 6) is 1.76. The second-order valence-corrected chi connectivity index (χ2v) is 11.1. The van der Waals surface area contributed by atoms with E-state index in [9.17, 15) is 4.79 Å². The first-order valence-corrected chi connectivity index (χ1v) is 13.1. The number of hydrogen-bond acceptors (Lipinski definition) is 6. The van der Waals surface area contributed by atoms with Crippen LogP contribution in [0, 0.1) is 5.92 Å². The Morgan fingerprint density at radius 2 is 2.09 bits per heavy atom. The van der Waals surface area contributed by atoms with Crippen molar-refractivity contribution in [1.29, 1.82) is 0 Å². The largest absolute Gasteiger partial charge is 0.372 e. The van der Waals surface area contributed by atoms with Gasteiger partial charge in [0, 0.05) is 23.6 Å². The number of benzene rings is 1. The van der Waals surface area contributed by atoms with Crippen molar-refractivity contribution in [3.05, 3.63) is 68.8 Å². The van der Waals surface area contributed by atoms with Gasteiger partial charge in [0.1, 0.15) is 4.83 Å². The molecule has 0 aliphatic carbocycles. The number of fused-ring (bicyclic) bond motifs is 5. The quantitative estimate of drug-likeness (QED) is 0.272. The molecule has 0 radical (unpaired) electrons. The predicted octanol–water partition coefficient (Wildman–Crippen LogP) is 5.11. The van der Waals surface area contributed by atoms with E-state index in [0.29, 0.717) is 24.8 Å². The van der Waals surface area contributed by atoms with Gasteiger partial charge in [0.05, 0.1) is 18.1 Å². The van der Waals surface area contributed by atoms with Gasteiger partial charge in [-0.05, 0) is 30.4 Å². The molecule has 0 spiro atoms. The van der Waals surface area contributed by atoms with Crippen LogP contribution in [-0.2, 0) is 30.7 Å². The Morgan fingerprint density at radius 1 is 1.30 bits per heavy atom. The highest BCUT2D eigenvalue weighted by molar-refractivity contribution is 7.99. The minimum Gasteiger partial charge on any atom is -0.372 e. The van der Waals surface area contributed by atoms with Crippen LogP contribution < -0.4 is 5.56 Å². The molecule has 4 aromatic rings. The smallest absolute Gasteiger partial charge is 0.263 e. The van der Waals surface area contributed by atoms with Gasteiger partial charge in [-0.2, -0.15) is 0 Å². The molecule has 1 aromatic carbocycles. The maximum absolute atomic E-state index is 13.9. The molecule has 172 valence electrons. The number of nitrogens with zero attached hydrogens (tertiary/aromatic N) is 4. The summed E-state index contributed by atoms with van der Waals surface area (Å²) in [5.41, 5.74) is 3.44. The Labute approximate surface area is 201 Å². The van der Waals surface area contributed by atoms with Crippen LogP contribution in [0.15, 0.2) is 52.4 Å². The number of thioether (sulfide) groups is 1. The zero-order valence-corrected chi connectivity index (χ0v) is 20.8. The van der Waals surface area contributed by atoms with Crippen molar-refractivity contribution in [3.63, 3.8) is 0 Å². The molecule has 0 saturated heterocycles. The first kappa shape index (κ1) is 22.4. The fraction of sp³-hybridized carbons (Fsp3) is 0.400. The zero-order valence-electron chi connectivity index (χ0n) is 19.2. The molecule has 1 aliphatic heterocycles. The SMILES string of the molecule is C=C(C)CSc1nnc2n(CCc3ccccc3)c(=O)c3c4c(sc3n12)COC(C(C)C)C4. The third-order valence-electron chi connectivity index (χ3n) is 6.08. The van der Waals surface area contributed by atoms with Crippen LogP contribution in [0.4, 0.5) is 0 Å². The van der Waals surface area contributed by atoms with E-state index in [1.807, 2.05) is 25.1 Å². The van der Waals surface area contributed by atoms with Gasteiger partial charge < -0.3 is 4.74 Å². The van der Waals surface area contributed by atoms with Crippen molar-refractivity contribution in [3.8, 4) is 0 Å². The fourth-order valence-electron chi connectivity index (χ4n) is 4.29. The van der Waals surface area contributed by atoms with Crippen LogP contribution in [-0.4, -0.2) is 31.0 Å². The van der Waals surface area contributed by atoms with Crippen LogP contribution in [0.25, 0.3) is 16.0 Å². The minimum atomic E-state index is 0.0270. The van der Waals surface area contributed by atoms with Crippen molar-refractivity contribution >= 4 is 39.1 Å². The highest BCUT2D eigenvalue weighted by Crippen LogP contribution is 2.37. The van der Waals surface area contributed by atoms with E-state index in [2.05, 4.69) is 47.2 Å². The number of aromatic nitrogens is 4. The second-order valence-electron chi connectivity index (χ2n) is 9.04. The molecule has 4 heterocycles. The van der Waals surface area contributed by atoms with E-state index in [-0.39, 0.29) is 11.7 Å². The van der Waals surface area contributed by atoms with Crippen LogP contribution in [0.5, 0.6) is 0 Å². The van der Waals surface area contributed by atoms with Gasteiger partial charge in [0.15, 0.2) is 5.16 Å². The lowest BCUT2D eigenvalue weighted by Gasteiger charge is -2.26. The molecule has 0 amide bonds. The summed E-state index contributed by atoms with van der Waals surface area (Å²) < 4.78 is 10.00. The number of rotatable bonds is 7. The maximum atomic E-state index is 13.9. The van der Waals surface area contributed by atoms with Gasteiger partial charge in [0.25, 0.3) is 5.56 Å². The molecule has 1 unspecified atom stereocenters. The first-order chi connectivity index (χ1) is 15.9. The van der Waals surface area contributed by atoms with E-state index in [1.165, 1.54) is 5.56 Å². The predicted molar refractivity (Wildman–Crippen MR) is 135 cm³/mol. The molecule has 0 fully saturated rings. The third kappa shape index (κ3) is 4.16. The average molecular weight is 481 g/mol. The van der Waals surface area contributed by atoms with Crippen LogP contribution in [0.2, 0.25) is 0 Å². The Balaban J connectivity index is 1.69. The normalized spacial score (nSPS) is 16.1. The van der Waals surface area contributed by atoms with Gasteiger partial charge in [-0.25, -0.2) is 4.40 Å². The van der Waals surface area contributed by atoms with E-state index in [1.54, 1.807) is 27.7 Å². The van der Waals surface area contributed by atoms with Crippen molar-refractivity contribution in [2.75, 3.05) is 5.75 Å². The van der Waals surface area contributed by atoms with Crippen molar-refractivity contribution in [1.82, 2.24) is 19.2 Å². The van der Waals surface area contributed by atoms with Gasteiger partial charge in [0.2, 0.25) is 5.78 Å². The second kappa shape index (κ2) is 9.08. The molecule has 0 saturated carbocycles. The Hall–Kier alpha value is -2.42.